The van der Waals surface area contributed by atoms with Crippen LogP contribution in [0.1, 0.15) is 43.0 Å². The number of thiophene rings is 3. The highest BCUT2D eigenvalue weighted by Gasteiger charge is 2.38. The first kappa shape index (κ1) is 45.8. The fourth-order valence-corrected chi connectivity index (χ4v) is 12.3. The number of halogens is 4. The summed E-state index contributed by atoms with van der Waals surface area (Å²) in [7, 11) is 0. The molecule has 0 N–H and O–H groups in total. The number of nitriles is 4. The molecule has 0 unspecified atom stereocenters. The summed E-state index contributed by atoms with van der Waals surface area (Å²) in [6, 6.07) is 29.9. The van der Waals surface area contributed by atoms with E-state index in [-0.39, 0.29) is 78.7 Å². The zero-order chi connectivity index (χ0) is 51.0. The second-order valence-electron chi connectivity index (χ2n) is 16.0. The van der Waals surface area contributed by atoms with Crippen LogP contribution in [-0.4, -0.2) is 44.3 Å². The van der Waals surface area contributed by atoms with Gasteiger partial charge in [0.2, 0.25) is 11.6 Å². The Balaban J connectivity index is 1.14. The normalized spacial score (nSPS) is 14.0. The predicted octanol–water partition coefficient (Wildman–Crippen LogP) is 12.6. The maximum Gasteiger partial charge on any atom is 0.419 e. The molecular weight excluding hydrogens is 1000 g/mol. The lowest BCUT2D eigenvalue weighted by Gasteiger charge is -2.10. The van der Waals surface area contributed by atoms with Gasteiger partial charge in [-0.25, -0.2) is 46.3 Å². The van der Waals surface area contributed by atoms with E-state index in [9.17, 15) is 57.8 Å². The molecule has 5 aromatic heterocycles. The van der Waals surface area contributed by atoms with E-state index in [1.54, 1.807) is 84.9 Å². The molecule has 2 aliphatic carbocycles. The zero-order valence-electron chi connectivity index (χ0n) is 36.4. The van der Waals surface area contributed by atoms with Gasteiger partial charge in [-0.2, -0.15) is 21.0 Å². The summed E-state index contributed by atoms with van der Waals surface area (Å²) >= 11 is 3.07. The first-order chi connectivity index (χ1) is 35.3. The van der Waals surface area contributed by atoms with Crippen molar-refractivity contribution in [1.29, 1.82) is 21.0 Å². The fraction of sp³-hybridized carbons (Fsp3) is 0.0385. The van der Waals surface area contributed by atoms with E-state index < -0.39 is 69.6 Å². The van der Waals surface area contributed by atoms with Gasteiger partial charge < -0.3 is 9.47 Å². The van der Waals surface area contributed by atoms with Crippen LogP contribution in [0.25, 0.3) is 52.0 Å². The summed E-state index contributed by atoms with van der Waals surface area (Å²) in [5.74, 6) is -7.13. The van der Waals surface area contributed by atoms with Gasteiger partial charge in [0.05, 0.1) is 40.9 Å². The highest BCUT2D eigenvalue weighted by molar-refractivity contribution is 7.35. The fourth-order valence-electron chi connectivity index (χ4n) is 8.66. The molecule has 2 aliphatic rings. The van der Waals surface area contributed by atoms with Crippen molar-refractivity contribution in [3.05, 3.63) is 165 Å². The smallest absolute Gasteiger partial charge is 0.419 e. The van der Waals surface area contributed by atoms with E-state index in [0.29, 0.717) is 54.2 Å². The third-order valence-corrected chi connectivity index (χ3v) is 15.4. The van der Waals surface area contributed by atoms with E-state index in [2.05, 4.69) is 9.98 Å². The molecule has 0 bridgehead atoms. The molecule has 5 heterocycles. The van der Waals surface area contributed by atoms with Gasteiger partial charge in [-0.15, -0.1) is 34.0 Å². The van der Waals surface area contributed by atoms with Gasteiger partial charge in [0.25, 0.3) is 0 Å². The number of hydrogen-bond acceptors (Lipinski definition) is 15. The topological polar surface area (TPSA) is 216 Å². The van der Waals surface area contributed by atoms with Gasteiger partial charge in [0, 0.05) is 33.4 Å². The van der Waals surface area contributed by atoms with Crippen molar-refractivity contribution >= 4 is 131 Å². The van der Waals surface area contributed by atoms with Crippen molar-refractivity contribution in [2.24, 2.45) is 9.98 Å². The Morgan fingerprint density at radius 3 is 1.22 bits per heavy atom. The average Bonchev–Trinajstić information content (AvgIpc) is 4.27. The van der Waals surface area contributed by atoms with Crippen molar-refractivity contribution in [3.8, 4) is 24.3 Å². The Morgan fingerprint density at radius 1 is 0.507 bits per heavy atom. The first-order valence-corrected chi connectivity index (χ1v) is 23.6. The van der Waals surface area contributed by atoms with Crippen LogP contribution in [0.3, 0.4) is 0 Å². The van der Waals surface area contributed by atoms with Crippen LogP contribution < -0.4 is 0 Å². The second-order valence-corrected chi connectivity index (χ2v) is 19.0. The molecule has 350 valence electrons. The Labute approximate surface area is 417 Å². The number of carbonyl (C=O) groups is 4. The maximum atomic E-state index is 14.6. The number of ketones is 2. The van der Waals surface area contributed by atoms with Crippen molar-refractivity contribution in [3.63, 3.8) is 0 Å². The van der Waals surface area contributed by atoms with E-state index in [1.165, 1.54) is 21.3 Å². The number of ether oxygens (including phenoxy) is 2. The molecule has 0 fully saturated rings. The summed E-state index contributed by atoms with van der Waals surface area (Å²) < 4.78 is 74.0. The summed E-state index contributed by atoms with van der Waals surface area (Å²) in [6.07, 6.45) is -1.82. The van der Waals surface area contributed by atoms with Crippen LogP contribution in [0.4, 0.5) is 37.2 Å². The SMILES string of the molecule is N#CC(C#N)=C1/C(=N/c2cc3c(s2)c2sc4c5sc(/N=C6/C(=O)c7cc(F)c(F)cc7C6=C(C#N)C#N)cc5n(C(=O)OCc5ccccc5)c4c2n3C(=O)OCc2ccccc2)C(=O)c2cc(F)c(F)cc21. The predicted molar refractivity (Wildman–Crippen MR) is 262 cm³/mol. The molecule has 0 radical (unpaired) electrons. The third-order valence-electron chi connectivity index (χ3n) is 11.8. The minimum absolute atomic E-state index is 0.0592. The summed E-state index contributed by atoms with van der Waals surface area (Å²) in [4.78, 5) is 66.0. The number of aromatic nitrogens is 2. The lowest BCUT2D eigenvalue weighted by atomic mass is 10.0. The number of Topliss-reactive ketones (excluding diaryl/α,β-unsaturated/α-hetero) is 2. The van der Waals surface area contributed by atoms with Gasteiger partial charge in [-0.1, -0.05) is 60.7 Å². The van der Waals surface area contributed by atoms with Crippen molar-refractivity contribution in [1.82, 2.24) is 9.13 Å². The number of rotatable bonds is 6. The lowest BCUT2D eigenvalue weighted by Crippen LogP contribution is -2.16. The van der Waals surface area contributed by atoms with Gasteiger partial charge in [-0.3, -0.25) is 9.59 Å². The molecule has 0 amide bonds. The molecule has 14 nitrogen and oxygen atoms in total. The van der Waals surface area contributed by atoms with Gasteiger partial charge in [0.1, 0.15) is 70.1 Å². The van der Waals surface area contributed by atoms with Crippen molar-refractivity contribution in [2.75, 3.05) is 0 Å². The van der Waals surface area contributed by atoms with Crippen molar-refractivity contribution in [2.45, 2.75) is 13.2 Å². The molecule has 11 rings (SSSR count). The van der Waals surface area contributed by atoms with Gasteiger partial charge >= 0.3 is 12.2 Å². The van der Waals surface area contributed by atoms with Crippen LogP contribution in [0, 0.1) is 68.6 Å². The summed E-state index contributed by atoms with van der Waals surface area (Å²) in [6.45, 7) is -0.383. The number of fused-ring (bicyclic) bond motifs is 9. The molecule has 0 saturated carbocycles. The highest BCUT2D eigenvalue weighted by atomic mass is 32.1. The molecule has 0 aliphatic heterocycles. The molecule has 73 heavy (non-hydrogen) atoms. The Hall–Kier alpha value is -9.64. The quantitative estimate of drug-likeness (QED) is 0.113. The van der Waals surface area contributed by atoms with E-state index >= 15 is 0 Å². The van der Waals surface area contributed by atoms with Crippen LogP contribution in [-0.2, 0) is 22.7 Å². The molecule has 4 aromatic carbocycles. The highest BCUT2D eigenvalue weighted by Crippen LogP contribution is 2.52. The van der Waals surface area contributed by atoms with E-state index in [4.69, 9.17) is 9.47 Å². The Kier molecular flexibility index (Phi) is 11.1. The molecule has 9 aromatic rings. The summed E-state index contributed by atoms with van der Waals surface area (Å²) in [5, 5.41) is 39.7. The largest absolute Gasteiger partial charge is 0.444 e. The van der Waals surface area contributed by atoms with Crippen LogP contribution >= 0.6 is 34.0 Å². The number of hydrogen-bond donors (Lipinski definition) is 0. The molecule has 0 saturated heterocycles. The zero-order valence-corrected chi connectivity index (χ0v) is 38.9. The Bertz CT molecular complexity index is 4030. The summed E-state index contributed by atoms with van der Waals surface area (Å²) in [5.41, 5.74) is -1.79. The van der Waals surface area contributed by atoms with Crippen LogP contribution in [0.2, 0.25) is 0 Å². The van der Waals surface area contributed by atoms with Gasteiger partial charge in [-0.05, 0) is 47.5 Å². The number of nitrogens with zero attached hydrogens (tertiary/aromatic N) is 8. The van der Waals surface area contributed by atoms with Gasteiger partial charge in [0.15, 0.2) is 23.3 Å². The standard InChI is InChI=1S/C52H20F4N8O6S3/c53-31-11-27-29(13-33(31)55)45(65)41(39(27)25(17-57)18-58)61-37-15-35-47(71-37)49-43(63(35)51(67)69-21-23-7-3-1-4-8-23)44-50(73-49)48-36(64(44)52(68)70-22-24-9-5-2-6-10-24)16-38(72-48)62-42-40(26(19-59)20-60)28-12-32(54)34(56)14-30(28)46(42)66/h1-16H,21-22H2/b61-41-,62-42+. The first-order valence-electron chi connectivity index (χ1n) is 21.2. The minimum atomic E-state index is -1.34. The monoisotopic (exact) mass is 1020 g/mol. The molecule has 0 atom stereocenters. The average molecular weight is 1020 g/mol. The number of aliphatic imine (C=N–C) groups is 2. The lowest BCUT2D eigenvalue weighted by molar-refractivity contribution is 0.106. The second kappa shape index (κ2) is 17.6. The van der Waals surface area contributed by atoms with Crippen molar-refractivity contribution < 1.29 is 46.2 Å². The van der Waals surface area contributed by atoms with Crippen LogP contribution in [0.5, 0.6) is 0 Å². The molecular formula is C52H20F4N8O6S3. The van der Waals surface area contributed by atoms with Crippen LogP contribution in [0.15, 0.2) is 118 Å². The Morgan fingerprint density at radius 2 is 0.863 bits per heavy atom. The number of carbonyl (C=O) groups excluding carboxylic acids is 4. The maximum absolute atomic E-state index is 14.6. The third kappa shape index (κ3) is 7.30. The molecule has 21 heteroatoms. The number of benzene rings is 4. The van der Waals surface area contributed by atoms with E-state index in [1.807, 2.05) is 0 Å². The minimum Gasteiger partial charge on any atom is -0.444 e. The molecule has 0 spiro atoms. The number of allylic oxidation sites excluding steroid dienone is 4. The van der Waals surface area contributed by atoms with E-state index in [0.717, 1.165) is 34.0 Å².